The van der Waals surface area contributed by atoms with Crippen LogP contribution in [0.25, 0.3) is 0 Å². The van der Waals surface area contributed by atoms with Crippen LogP contribution in [0.15, 0.2) is 29.2 Å². The van der Waals surface area contributed by atoms with Crippen LogP contribution in [0.5, 0.6) is 0 Å². The van der Waals surface area contributed by atoms with Gasteiger partial charge in [0.25, 0.3) is 0 Å². The third-order valence-electron chi connectivity index (χ3n) is 2.32. The van der Waals surface area contributed by atoms with E-state index in [1.807, 2.05) is 0 Å². The molecular formula is C14H20N2O5S. The van der Waals surface area contributed by atoms with Crippen molar-refractivity contribution in [1.82, 2.24) is 4.72 Å². The SMILES string of the molecule is CCOC(=O)C(=O)Nc1ccc(S(=O)(=O)NC(C)(C)C)cc1. The van der Waals surface area contributed by atoms with E-state index in [4.69, 9.17) is 0 Å². The summed E-state index contributed by atoms with van der Waals surface area (Å²) in [4.78, 5) is 22.7. The molecule has 0 bridgehead atoms. The predicted molar refractivity (Wildman–Crippen MR) is 81.8 cm³/mol. The van der Waals surface area contributed by atoms with Gasteiger partial charge in [-0.25, -0.2) is 17.9 Å². The number of ether oxygens (including phenoxy) is 1. The highest BCUT2D eigenvalue weighted by Crippen LogP contribution is 2.16. The molecule has 0 unspecified atom stereocenters. The van der Waals surface area contributed by atoms with Crippen molar-refractivity contribution in [3.63, 3.8) is 0 Å². The van der Waals surface area contributed by atoms with E-state index >= 15 is 0 Å². The summed E-state index contributed by atoms with van der Waals surface area (Å²) in [5.41, 5.74) is -0.303. The first kappa shape index (κ1) is 18.1. The van der Waals surface area contributed by atoms with Gasteiger partial charge in [-0.05, 0) is 52.0 Å². The Kier molecular flexibility index (Phi) is 5.67. The molecule has 0 saturated carbocycles. The summed E-state index contributed by atoms with van der Waals surface area (Å²) in [5, 5.41) is 2.32. The van der Waals surface area contributed by atoms with Crippen LogP contribution < -0.4 is 10.0 Å². The Balaban J connectivity index is 2.83. The smallest absolute Gasteiger partial charge is 0.397 e. The largest absolute Gasteiger partial charge is 0.459 e. The fourth-order valence-electron chi connectivity index (χ4n) is 1.56. The van der Waals surface area contributed by atoms with Crippen molar-refractivity contribution in [2.45, 2.75) is 38.1 Å². The van der Waals surface area contributed by atoms with E-state index in [0.717, 1.165) is 0 Å². The molecule has 0 aliphatic heterocycles. The molecule has 122 valence electrons. The maximum atomic E-state index is 12.1. The van der Waals surface area contributed by atoms with Crippen LogP contribution in [0.2, 0.25) is 0 Å². The summed E-state index contributed by atoms with van der Waals surface area (Å²) in [6.45, 7) is 6.89. The van der Waals surface area contributed by atoms with Gasteiger partial charge in [0, 0.05) is 11.2 Å². The number of rotatable bonds is 4. The number of nitrogens with one attached hydrogen (secondary N) is 2. The van der Waals surface area contributed by atoms with Crippen molar-refractivity contribution >= 4 is 27.6 Å². The first-order valence-electron chi connectivity index (χ1n) is 6.67. The van der Waals surface area contributed by atoms with Crippen LogP contribution in [-0.4, -0.2) is 32.4 Å². The number of sulfonamides is 1. The molecule has 0 atom stereocenters. The maximum Gasteiger partial charge on any atom is 0.397 e. The molecule has 0 saturated heterocycles. The highest BCUT2D eigenvalue weighted by Gasteiger charge is 2.22. The average Bonchev–Trinajstić information content (AvgIpc) is 2.36. The minimum Gasteiger partial charge on any atom is -0.459 e. The minimum atomic E-state index is -3.64. The van der Waals surface area contributed by atoms with Crippen molar-refractivity contribution in [3.05, 3.63) is 24.3 Å². The molecule has 1 rings (SSSR count). The molecule has 22 heavy (non-hydrogen) atoms. The van der Waals surface area contributed by atoms with E-state index in [1.165, 1.54) is 24.3 Å². The van der Waals surface area contributed by atoms with Crippen molar-refractivity contribution < 1.29 is 22.7 Å². The fraction of sp³-hybridized carbons (Fsp3) is 0.429. The number of hydrogen-bond donors (Lipinski definition) is 2. The Hall–Kier alpha value is -1.93. The highest BCUT2D eigenvalue weighted by atomic mass is 32.2. The van der Waals surface area contributed by atoms with Gasteiger partial charge in [-0.3, -0.25) is 4.79 Å². The maximum absolute atomic E-state index is 12.1. The van der Waals surface area contributed by atoms with Crippen LogP contribution in [0, 0.1) is 0 Å². The second-order valence-corrected chi connectivity index (χ2v) is 7.24. The summed E-state index contributed by atoms with van der Waals surface area (Å²) in [7, 11) is -3.64. The van der Waals surface area contributed by atoms with Gasteiger partial charge in [0.15, 0.2) is 0 Å². The summed E-state index contributed by atoms with van der Waals surface area (Å²) in [5.74, 6) is -1.90. The number of hydrogen-bond acceptors (Lipinski definition) is 5. The van der Waals surface area contributed by atoms with E-state index in [9.17, 15) is 18.0 Å². The standard InChI is InChI=1S/C14H20N2O5S/c1-5-21-13(18)12(17)15-10-6-8-11(9-7-10)22(19,20)16-14(2,3)4/h6-9,16H,5H2,1-4H3,(H,15,17). The van der Waals surface area contributed by atoms with Crippen molar-refractivity contribution in [2.75, 3.05) is 11.9 Å². The molecule has 0 heterocycles. The minimum absolute atomic E-state index is 0.0663. The monoisotopic (exact) mass is 328 g/mol. The summed E-state index contributed by atoms with van der Waals surface area (Å²) < 4.78 is 31.3. The van der Waals surface area contributed by atoms with Crippen LogP contribution in [0.3, 0.4) is 0 Å². The molecule has 7 nitrogen and oxygen atoms in total. The zero-order valence-corrected chi connectivity index (χ0v) is 13.8. The molecule has 0 aliphatic carbocycles. The first-order chi connectivity index (χ1) is 10.0. The third-order valence-corrected chi connectivity index (χ3v) is 4.10. The lowest BCUT2D eigenvalue weighted by Gasteiger charge is -2.20. The van der Waals surface area contributed by atoms with Gasteiger partial charge in [0.05, 0.1) is 11.5 Å². The van der Waals surface area contributed by atoms with Crippen LogP contribution in [0.4, 0.5) is 5.69 Å². The van der Waals surface area contributed by atoms with E-state index in [2.05, 4.69) is 14.8 Å². The van der Waals surface area contributed by atoms with Crippen LogP contribution in [-0.2, 0) is 24.3 Å². The third kappa shape index (κ3) is 5.45. The Bertz CT molecular complexity index is 645. The van der Waals surface area contributed by atoms with Gasteiger partial charge < -0.3 is 10.1 Å². The van der Waals surface area contributed by atoms with Gasteiger partial charge in [0.2, 0.25) is 10.0 Å². The van der Waals surface area contributed by atoms with E-state index < -0.39 is 27.4 Å². The number of carbonyl (C=O) groups excluding carboxylic acids is 2. The molecule has 1 amide bonds. The number of amides is 1. The lowest BCUT2D eigenvalue weighted by atomic mass is 10.1. The molecule has 0 aromatic heterocycles. The fourth-order valence-corrected chi connectivity index (χ4v) is 2.98. The Morgan fingerprint density at radius 1 is 1.14 bits per heavy atom. The number of carbonyl (C=O) groups is 2. The molecule has 8 heteroatoms. The van der Waals surface area contributed by atoms with E-state index in [-0.39, 0.29) is 11.5 Å². The second kappa shape index (κ2) is 6.89. The van der Waals surface area contributed by atoms with E-state index in [0.29, 0.717) is 5.69 Å². The molecule has 0 radical (unpaired) electrons. The summed E-state index contributed by atoms with van der Waals surface area (Å²) in [6.07, 6.45) is 0. The molecule has 2 N–H and O–H groups in total. The van der Waals surface area contributed by atoms with Crippen molar-refractivity contribution in [3.8, 4) is 0 Å². The second-order valence-electron chi connectivity index (χ2n) is 5.55. The van der Waals surface area contributed by atoms with Crippen LogP contribution in [0.1, 0.15) is 27.7 Å². The molecule has 0 fully saturated rings. The van der Waals surface area contributed by atoms with Crippen molar-refractivity contribution in [2.24, 2.45) is 0 Å². The normalized spacial score (nSPS) is 11.8. The Labute approximate surface area is 130 Å². The Morgan fingerprint density at radius 3 is 2.14 bits per heavy atom. The lowest BCUT2D eigenvalue weighted by molar-refractivity contribution is -0.152. The van der Waals surface area contributed by atoms with Gasteiger partial charge in [0.1, 0.15) is 0 Å². The first-order valence-corrected chi connectivity index (χ1v) is 8.15. The van der Waals surface area contributed by atoms with Gasteiger partial charge in [-0.15, -0.1) is 0 Å². The van der Waals surface area contributed by atoms with Gasteiger partial charge >= 0.3 is 11.9 Å². The van der Waals surface area contributed by atoms with E-state index in [1.54, 1.807) is 27.7 Å². The summed E-state index contributed by atoms with van der Waals surface area (Å²) >= 11 is 0. The molecule has 1 aromatic rings. The summed E-state index contributed by atoms with van der Waals surface area (Å²) in [6, 6.07) is 5.48. The zero-order chi connectivity index (χ0) is 17.0. The quantitative estimate of drug-likeness (QED) is 0.640. The van der Waals surface area contributed by atoms with Gasteiger partial charge in [-0.2, -0.15) is 0 Å². The zero-order valence-electron chi connectivity index (χ0n) is 13.0. The molecule has 0 aliphatic rings. The Morgan fingerprint density at radius 2 is 1.68 bits per heavy atom. The van der Waals surface area contributed by atoms with Crippen LogP contribution >= 0.6 is 0 Å². The van der Waals surface area contributed by atoms with Crippen molar-refractivity contribution in [1.29, 1.82) is 0 Å². The highest BCUT2D eigenvalue weighted by molar-refractivity contribution is 7.89. The van der Waals surface area contributed by atoms with Gasteiger partial charge in [-0.1, -0.05) is 0 Å². The molecule has 0 spiro atoms. The number of anilines is 1. The average molecular weight is 328 g/mol. The number of esters is 1. The molecule has 1 aromatic carbocycles. The molecular weight excluding hydrogens is 308 g/mol. The lowest BCUT2D eigenvalue weighted by Crippen LogP contribution is -2.40. The predicted octanol–water partition coefficient (Wildman–Crippen LogP) is 1.26. The topological polar surface area (TPSA) is 102 Å². The number of benzene rings is 1.